The number of benzene rings is 3. The molecular weight excluding hydrogens is 325 g/mol. The molecule has 0 aliphatic heterocycles. The predicted molar refractivity (Wildman–Crippen MR) is 101 cm³/mol. The van der Waals surface area contributed by atoms with Crippen molar-refractivity contribution in [1.29, 1.82) is 0 Å². The van der Waals surface area contributed by atoms with Gasteiger partial charge in [-0.1, -0.05) is 53.5 Å². The van der Waals surface area contributed by atoms with Crippen LogP contribution in [0.2, 0.25) is 10.0 Å². The molecule has 0 aliphatic rings. The third-order valence-electron chi connectivity index (χ3n) is 3.65. The second-order valence-electron chi connectivity index (χ2n) is 5.58. The second-order valence-corrected chi connectivity index (χ2v) is 6.40. The molecule has 0 amide bonds. The average molecular weight is 342 g/mol. The summed E-state index contributed by atoms with van der Waals surface area (Å²) in [6.07, 6.45) is 0. The van der Waals surface area contributed by atoms with E-state index < -0.39 is 0 Å². The maximum atomic E-state index is 6.47. The quantitative estimate of drug-likeness (QED) is 0.491. The van der Waals surface area contributed by atoms with Gasteiger partial charge in [-0.25, -0.2) is 0 Å². The van der Waals surface area contributed by atoms with E-state index in [1.807, 2.05) is 48.5 Å². The zero-order chi connectivity index (χ0) is 16.4. The molecule has 0 atom stereocenters. The molecule has 0 spiro atoms. The fourth-order valence-corrected chi connectivity index (χ4v) is 3.19. The molecule has 0 N–H and O–H groups in total. The summed E-state index contributed by atoms with van der Waals surface area (Å²) < 4.78 is 0. The molecule has 0 radical (unpaired) electrons. The molecule has 23 heavy (non-hydrogen) atoms. The summed E-state index contributed by atoms with van der Waals surface area (Å²) in [5.74, 6) is 0. The summed E-state index contributed by atoms with van der Waals surface area (Å²) in [6, 6.07) is 22.0. The van der Waals surface area contributed by atoms with Gasteiger partial charge in [-0.15, -0.1) is 0 Å². The van der Waals surface area contributed by atoms with Crippen molar-refractivity contribution in [3.8, 4) is 0 Å². The molecule has 0 saturated heterocycles. The van der Waals surface area contributed by atoms with Crippen LogP contribution in [-0.4, -0.2) is 0 Å². The molecule has 0 saturated carbocycles. The standard InChI is InChI=1S/C20H17Cl2N/c1-14-11-15(2)13-16(12-14)23(19-9-5-3-7-17(19)21)20-10-6-4-8-18(20)22/h3-13H,1-2H3. The van der Waals surface area contributed by atoms with Crippen molar-refractivity contribution >= 4 is 40.3 Å². The van der Waals surface area contributed by atoms with E-state index >= 15 is 0 Å². The van der Waals surface area contributed by atoms with Crippen LogP contribution in [-0.2, 0) is 0 Å². The van der Waals surface area contributed by atoms with Crippen molar-refractivity contribution in [1.82, 2.24) is 0 Å². The topological polar surface area (TPSA) is 3.24 Å². The highest BCUT2D eigenvalue weighted by Gasteiger charge is 2.17. The first-order valence-electron chi connectivity index (χ1n) is 7.44. The van der Waals surface area contributed by atoms with Gasteiger partial charge < -0.3 is 4.90 Å². The summed E-state index contributed by atoms with van der Waals surface area (Å²) in [4.78, 5) is 2.10. The van der Waals surface area contributed by atoms with Crippen LogP contribution in [0.1, 0.15) is 11.1 Å². The first-order valence-corrected chi connectivity index (χ1v) is 8.19. The minimum absolute atomic E-state index is 0.687. The number of rotatable bonds is 3. The summed E-state index contributed by atoms with van der Waals surface area (Å²) in [6.45, 7) is 4.18. The lowest BCUT2D eigenvalue weighted by Gasteiger charge is -2.27. The zero-order valence-electron chi connectivity index (χ0n) is 13.1. The van der Waals surface area contributed by atoms with Crippen molar-refractivity contribution in [2.45, 2.75) is 13.8 Å². The molecule has 0 aromatic heterocycles. The summed E-state index contributed by atoms with van der Waals surface area (Å²) in [5, 5.41) is 1.37. The fraction of sp³-hybridized carbons (Fsp3) is 0.100. The van der Waals surface area contributed by atoms with Gasteiger partial charge in [0, 0.05) is 5.69 Å². The van der Waals surface area contributed by atoms with Gasteiger partial charge in [0.2, 0.25) is 0 Å². The van der Waals surface area contributed by atoms with E-state index in [9.17, 15) is 0 Å². The minimum Gasteiger partial charge on any atom is -0.307 e. The SMILES string of the molecule is Cc1cc(C)cc(N(c2ccccc2Cl)c2ccccc2Cl)c1. The molecule has 0 aliphatic carbocycles. The van der Waals surface area contributed by atoms with Crippen LogP contribution in [0.3, 0.4) is 0 Å². The molecule has 0 fully saturated rings. The highest BCUT2D eigenvalue weighted by Crippen LogP contribution is 2.41. The van der Waals surface area contributed by atoms with Gasteiger partial charge in [0.15, 0.2) is 0 Å². The number of hydrogen-bond acceptors (Lipinski definition) is 1. The summed E-state index contributed by atoms with van der Waals surface area (Å²) in [5.41, 5.74) is 5.26. The molecular formula is C20H17Cl2N. The van der Waals surface area contributed by atoms with Gasteiger partial charge in [-0.2, -0.15) is 0 Å². The number of halogens is 2. The molecule has 0 bridgehead atoms. The highest BCUT2D eigenvalue weighted by atomic mass is 35.5. The Labute approximate surface area is 147 Å². The van der Waals surface area contributed by atoms with Gasteiger partial charge in [0.1, 0.15) is 0 Å². The van der Waals surface area contributed by atoms with Crippen LogP contribution in [0, 0.1) is 13.8 Å². The molecule has 3 aromatic rings. The predicted octanol–water partition coefficient (Wildman–Crippen LogP) is 7.08. The molecule has 3 aromatic carbocycles. The van der Waals surface area contributed by atoms with Crippen molar-refractivity contribution in [3.63, 3.8) is 0 Å². The van der Waals surface area contributed by atoms with E-state index in [0.717, 1.165) is 17.1 Å². The molecule has 0 heterocycles. The molecule has 1 nitrogen and oxygen atoms in total. The van der Waals surface area contributed by atoms with Crippen molar-refractivity contribution in [3.05, 3.63) is 87.9 Å². The van der Waals surface area contributed by atoms with E-state index in [-0.39, 0.29) is 0 Å². The van der Waals surface area contributed by atoms with E-state index in [1.54, 1.807) is 0 Å². The largest absolute Gasteiger partial charge is 0.307 e. The van der Waals surface area contributed by atoms with Crippen molar-refractivity contribution < 1.29 is 0 Å². The second kappa shape index (κ2) is 6.66. The van der Waals surface area contributed by atoms with Gasteiger partial charge in [-0.05, 0) is 61.4 Å². The first-order chi connectivity index (χ1) is 11.1. The lowest BCUT2D eigenvalue weighted by Crippen LogP contribution is -2.11. The number of nitrogens with zero attached hydrogens (tertiary/aromatic N) is 1. The Bertz CT molecular complexity index is 777. The number of anilines is 3. The van der Waals surface area contributed by atoms with Gasteiger partial charge >= 0.3 is 0 Å². The van der Waals surface area contributed by atoms with Crippen LogP contribution in [0.5, 0.6) is 0 Å². The van der Waals surface area contributed by atoms with Crippen LogP contribution in [0.4, 0.5) is 17.1 Å². The Morgan fingerprint density at radius 3 is 1.52 bits per heavy atom. The minimum atomic E-state index is 0.687. The third-order valence-corrected chi connectivity index (χ3v) is 4.29. The zero-order valence-corrected chi connectivity index (χ0v) is 14.6. The van der Waals surface area contributed by atoms with E-state index in [0.29, 0.717) is 10.0 Å². The number of aryl methyl sites for hydroxylation is 2. The van der Waals surface area contributed by atoms with E-state index in [1.165, 1.54) is 11.1 Å². The Morgan fingerprint density at radius 1 is 0.652 bits per heavy atom. The Kier molecular flexibility index (Phi) is 4.61. The summed E-state index contributed by atoms with van der Waals surface area (Å²) >= 11 is 12.9. The maximum absolute atomic E-state index is 6.47. The van der Waals surface area contributed by atoms with Gasteiger partial charge in [-0.3, -0.25) is 0 Å². The smallest absolute Gasteiger partial charge is 0.0648 e. The third kappa shape index (κ3) is 3.36. The monoisotopic (exact) mass is 341 g/mol. The van der Waals surface area contributed by atoms with Crippen molar-refractivity contribution in [2.24, 2.45) is 0 Å². The van der Waals surface area contributed by atoms with Crippen LogP contribution >= 0.6 is 23.2 Å². The van der Waals surface area contributed by atoms with Gasteiger partial charge in [0.05, 0.1) is 21.4 Å². The lowest BCUT2D eigenvalue weighted by molar-refractivity contribution is 1.25. The molecule has 0 unspecified atom stereocenters. The van der Waals surface area contributed by atoms with Crippen molar-refractivity contribution in [2.75, 3.05) is 4.90 Å². The van der Waals surface area contributed by atoms with Crippen LogP contribution in [0.25, 0.3) is 0 Å². The average Bonchev–Trinajstić information content (AvgIpc) is 2.50. The van der Waals surface area contributed by atoms with Gasteiger partial charge in [0.25, 0.3) is 0 Å². The normalized spacial score (nSPS) is 10.6. The molecule has 116 valence electrons. The lowest BCUT2D eigenvalue weighted by atomic mass is 10.1. The molecule has 3 rings (SSSR count). The number of para-hydroxylation sites is 2. The van der Waals surface area contributed by atoms with E-state index in [2.05, 4.69) is 36.9 Å². The van der Waals surface area contributed by atoms with Crippen LogP contribution in [0.15, 0.2) is 66.7 Å². The molecule has 3 heteroatoms. The number of hydrogen-bond donors (Lipinski definition) is 0. The Hall–Kier alpha value is -1.96. The fourth-order valence-electron chi connectivity index (χ4n) is 2.75. The van der Waals surface area contributed by atoms with E-state index in [4.69, 9.17) is 23.2 Å². The van der Waals surface area contributed by atoms with Crippen LogP contribution < -0.4 is 4.90 Å². The maximum Gasteiger partial charge on any atom is 0.0648 e. The first kappa shape index (κ1) is 15.9. The summed E-state index contributed by atoms with van der Waals surface area (Å²) in [7, 11) is 0. The Balaban J connectivity index is 2.26. The Morgan fingerprint density at radius 2 is 1.09 bits per heavy atom. The highest BCUT2D eigenvalue weighted by molar-refractivity contribution is 6.35.